The summed E-state index contributed by atoms with van der Waals surface area (Å²) < 4.78 is 1.59. The molecule has 0 spiro atoms. The molecule has 5 nitrogen and oxygen atoms in total. The molecular weight excluding hydrogens is 312 g/mol. The van der Waals surface area contributed by atoms with Crippen LogP contribution in [0, 0.1) is 11.3 Å². The van der Waals surface area contributed by atoms with Gasteiger partial charge in [0.05, 0.1) is 22.3 Å². The smallest absolute Gasteiger partial charge is 0.255 e. The van der Waals surface area contributed by atoms with E-state index in [9.17, 15) is 4.79 Å². The number of halogens is 1. The molecular formula is C17H11ClN4O. The lowest BCUT2D eigenvalue weighted by molar-refractivity contribution is 0.102. The SMILES string of the molecule is N#Cc1cccc(C(=O)Nc2cccc(Cl)c2-n2cccn2)c1. The maximum absolute atomic E-state index is 12.4. The average Bonchev–Trinajstić information content (AvgIpc) is 3.09. The molecule has 0 fully saturated rings. The molecule has 0 aliphatic carbocycles. The van der Waals surface area contributed by atoms with Gasteiger partial charge in [-0.2, -0.15) is 10.4 Å². The molecule has 23 heavy (non-hydrogen) atoms. The fourth-order valence-electron chi connectivity index (χ4n) is 2.17. The number of carbonyl (C=O) groups is 1. The van der Waals surface area contributed by atoms with Crippen LogP contribution >= 0.6 is 11.6 Å². The first-order valence-electron chi connectivity index (χ1n) is 6.79. The van der Waals surface area contributed by atoms with Crippen LogP contribution < -0.4 is 5.32 Å². The van der Waals surface area contributed by atoms with Gasteiger partial charge in [0.2, 0.25) is 0 Å². The normalized spacial score (nSPS) is 10.1. The van der Waals surface area contributed by atoms with Crippen molar-refractivity contribution in [2.75, 3.05) is 5.32 Å². The van der Waals surface area contributed by atoms with Gasteiger partial charge in [0, 0.05) is 18.0 Å². The van der Waals surface area contributed by atoms with E-state index in [4.69, 9.17) is 16.9 Å². The van der Waals surface area contributed by atoms with Crippen molar-refractivity contribution in [2.24, 2.45) is 0 Å². The predicted octanol–water partition coefficient (Wildman–Crippen LogP) is 3.65. The molecule has 1 aromatic heterocycles. The molecule has 0 aliphatic rings. The quantitative estimate of drug-likeness (QED) is 0.800. The minimum absolute atomic E-state index is 0.322. The van der Waals surface area contributed by atoms with Crippen LogP contribution in [-0.4, -0.2) is 15.7 Å². The van der Waals surface area contributed by atoms with Crippen molar-refractivity contribution in [3.8, 4) is 11.8 Å². The van der Waals surface area contributed by atoms with Gasteiger partial charge in [0.1, 0.15) is 5.69 Å². The van der Waals surface area contributed by atoms with E-state index >= 15 is 0 Å². The highest BCUT2D eigenvalue weighted by Crippen LogP contribution is 2.28. The highest BCUT2D eigenvalue weighted by molar-refractivity contribution is 6.33. The number of hydrogen-bond donors (Lipinski definition) is 1. The van der Waals surface area contributed by atoms with Crippen LogP contribution in [0.2, 0.25) is 5.02 Å². The number of benzene rings is 2. The lowest BCUT2D eigenvalue weighted by Crippen LogP contribution is -2.14. The molecule has 1 amide bonds. The Kier molecular flexibility index (Phi) is 4.09. The summed E-state index contributed by atoms with van der Waals surface area (Å²) in [5.41, 5.74) is 1.95. The monoisotopic (exact) mass is 322 g/mol. The zero-order valence-corrected chi connectivity index (χ0v) is 12.7. The minimum Gasteiger partial charge on any atom is -0.320 e. The van der Waals surface area contributed by atoms with Crippen molar-refractivity contribution >= 4 is 23.2 Å². The minimum atomic E-state index is -0.322. The van der Waals surface area contributed by atoms with Crippen LogP contribution in [0.1, 0.15) is 15.9 Å². The summed E-state index contributed by atoms with van der Waals surface area (Å²) in [4.78, 5) is 12.4. The van der Waals surface area contributed by atoms with Crippen molar-refractivity contribution in [1.82, 2.24) is 9.78 Å². The van der Waals surface area contributed by atoms with Crippen LogP contribution in [0.15, 0.2) is 60.9 Å². The van der Waals surface area contributed by atoms with Gasteiger partial charge in [0.25, 0.3) is 5.91 Å². The van der Waals surface area contributed by atoms with Crippen molar-refractivity contribution in [1.29, 1.82) is 5.26 Å². The van der Waals surface area contributed by atoms with E-state index in [0.29, 0.717) is 27.5 Å². The van der Waals surface area contributed by atoms with E-state index in [2.05, 4.69) is 10.4 Å². The van der Waals surface area contributed by atoms with Gasteiger partial charge in [-0.25, -0.2) is 4.68 Å². The topological polar surface area (TPSA) is 70.7 Å². The van der Waals surface area contributed by atoms with Crippen LogP contribution in [0.3, 0.4) is 0 Å². The molecule has 1 N–H and O–H groups in total. The molecule has 112 valence electrons. The highest BCUT2D eigenvalue weighted by atomic mass is 35.5. The Morgan fingerprint density at radius 2 is 2.04 bits per heavy atom. The molecule has 0 saturated carbocycles. The summed E-state index contributed by atoms with van der Waals surface area (Å²) in [6.07, 6.45) is 3.37. The fourth-order valence-corrected chi connectivity index (χ4v) is 2.44. The van der Waals surface area contributed by atoms with E-state index < -0.39 is 0 Å². The Labute approximate surface area is 137 Å². The van der Waals surface area contributed by atoms with Crippen molar-refractivity contribution in [2.45, 2.75) is 0 Å². The Balaban J connectivity index is 1.96. The summed E-state index contributed by atoms with van der Waals surface area (Å²) >= 11 is 6.24. The molecule has 3 rings (SSSR count). The Morgan fingerprint density at radius 1 is 1.22 bits per heavy atom. The number of para-hydroxylation sites is 1. The molecule has 3 aromatic rings. The van der Waals surface area contributed by atoms with E-state index in [1.54, 1.807) is 59.5 Å². The van der Waals surface area contributed by atoms with Crippen LogP contribution in [0.25, 0.3) is 5.69 Å². The van der Waals surface area contributed by atoms with Crippen LogP contribution in [0.5, 0.6) is 0 Å². The number of nitrogens with zero attached hydrogens (tertiary/aromatic N) is 3. The predicted molar refractivity (Wildman–Crippen MR) is 87.7 cm³/mol. The van der Waals surface area contributed by atoms with Gasteiger partial charge in [-0.3, -0.25) is 4.79 Å². The first-order valence-corrected chi connectivity index (χ1v) is 7.17. The van der Waals surface area contributed by atoms with Gasteiger partial charge in [0.15, 0.2) is 0 Å². The fraction of sp³-hybridized carbons (Fsp3) is 0. The van der Waals surface area contributed by atoms with Gasteiger partial charge >= 0.3 is 0 Å². The molecule has 1 heterocycles. The van der Waals surface area contributed by atoms with Crippen molar-refractivity contribution in [3.05, 3.63) is 77.1 Å². The van der Waals surface area contributed by atoms with E-state index in [0.717, 1.165) is 0 Å². The standard InChI is InChI=1S/C17H11ClN4O/c18-14-6-2-7-15(16(14)22-9-3-8-20-22)21-17(23)13-5-1-4-12(10-13)11-19/h1-10H,(H,21,23). The second-order valence-corrected chi connectivity index (χ2v) is 5.14. The van der Waals surface area contributed by atoms with E-state index in [-0.39, 0.29) is 5.91 Å². The number of aromatic nitrogens is 2. The van der Waals surface area contributed by atoms with Crippen molar-refractivity contribution < 1.29 is 4.79 Å². The lowest BCUT2D eigenvalue weighted by atomic mass is 10.1. The molecule has 0 bridgehead atoms. The number of carbonyl (C=O) groups excluding carboxylic acids is 1. The number of nitrogens with one attached hydrogen (secondary N) is 1. The molecule has 0 unspecified atom stereocenters. The first-order chi connectivity index (χ1) is 11.2. The first kappa shape index (κ1) is 14.8. The molecule has 0 aliphatic heterocycles. The number of anilines is 1. The van der Waals surface area contributed by atoms with Gasteiger partial charge in [-0.15, -0.1) is 0 Å². The van der Waals surface area contributed by atoms with E-state index in [1.807, 2.05) is 6.07 Å². The Morgan fingerprint density at radius 3 is 2.78 bits per heavy atom. The third kappa shape index (κ3) is 3.07. The number of amides is 1. The molecule has 0 saturated heterocycles. The maximum Gasteiger partial charge on any atom is 0.255 e. The zero-order valence-electron chi connectivity index (χ0n) is 11.9. The number of nitriles is 1. The highest BCUT2D eigenvalue weighted by Gasteiger charge is 2.13. The third-order valence-electron chi connectivity index (χ3n) is 3.22. The van der Waals surface area contributed by atoms with Crippen LogP contribution in [0.4, 0.5) is 5.69 Å². The second kappa shape index (κ2) is 6.34. The van der Waals surface area contributed by atoms with Gasteiger partial charge in [-0.05, 0) is 36.4 Å². The molecule has 2 aromatic carbocycles. The number of rotatable bonds is 3. The van der Waals surface area contributed by atoms with Crippen LogP contribution in [-0.2, 0) is 0 Å². The summed E-state index contributed by atoms with van der Waals surface area (Å²) in [7, 11) is 0. The van der Waals surface area contributed by atoms with E-state index in [1.165, 1.54) is 6.07 Å². The second-order valence-electron chi connectivity index (χ2n) is 4.73. The lowest BCUT2D eigenvalue weighted by Gasteiger charge is -2.13. The third-order valence-corrected chi connectivity index (χ3v) is 3.53. The summed E-state index contributed by atoms with van der Waals surface area (Å²) in [6.45, 7) is 0. The summed E-state index contributed by atoms with van der Waals surface area (Å²) in [6, 6.07) is 15.5. The average molecular weight is 323 g/mol. The Bertz CT molecular complexity index is 897. The molecule has 0 atom stereocenters. The largest absolute Gasteiger partial charge is 0.320 e. The molecule has 6 heteroatoms. The maximum atomic E-state index is 12.4. The summed E-state index contributed by atoms with van der Waals surface area (Å²) in [5.74, 6) is -0.322. The number of hydrogen-bond acceptors (Lipinski definition) is 3. The zero-order chi connectivity index (χ0) is 16.2. The summed E-state index contributed by atoms with van der Waals surface area (Å²) in [5, 5.41) is 16.4. The van der Waals surface area contributed by atoms with Gasteiger partial charge < -0.3 is 5.32 Å². The van der Waals surface area contributed by atoms with Gasteiger partial charge in [-0.1, -0.05) is 23.7 Å². The van der Waals surface area contributed by atoms with Crippen molar-refractivity contribution in [3.63, 3.8) is 0 Å². The molecule has 0 radical (unpaired) electrons. The Hall–Kier alpha value is -3.10.